The Morgan fingerprint density at radius 3 is 2.31 bits per heavy atom. The quantitative estimate of drug-likeness (QED) is 0.516. The van der Waals surface area contributed by atoms with Crippen molar-refractivity contribution >= 4 is 11.6 Å². The van der Waals surface area contributed by atoms with Crippen LogP contribution < -0.4 is 10.1 Å². The molecule has 3 nitrogen and oxygen atoms in total. The van der Waals surface area contributed by atoms with Crippen LogP contribution >= 0.6 is 0 Å². The Morgan fingerprint density at radius 2 is 1.76 bits per heavy atom. The van der Waals surface area contributed by atoms with Crippen molar-refractivity contribution in [2.75, 3.05) is 5.32 Å². The molecule has 1 unspecified atom stereocenters. The van der Waals surface area contributed by atoms with Crippen molar-refractivity contribution in [3.8, 4) is 5.75 Å². The molecule has 0 saturated heterocycles. The maximum absolute atomic E-state index is 12.8. The molecule has 1 atom stereocenters. The van der Waals surface area contributed by atoms with E-state index in [-0.39, 0.29) is 16.7 Å². The summed E-state index contributed by atoms with van der Waals surface area (Å²) in [7, 11) is 0. The van der Waals surface area contributed by atoms with Crippen LogP contribution in [0.1, 0.15) is 78.9 Å². The first-order valence-corrected chi connectivity index (χ1v) is 10.7. The molecule has 157 valence electrons. The maximum atomic E-state index is 12.8. The van der Waals surface area contributed by atoms with Crippen LogP contribution in [0.2, 0.25) is 0 Å². The first-order valence-electron chi connectivity index (χ1n) is 10.7. The second-order valence-corrected chi connectivity index (χ2v) is 8.98. The van der Waals surface area contributed by atoms with E-state index in [4.69, 9.17) is 4.74 Å². The monoisotopic (exact) mass is 394 g/mol. The average molecular weight is 395 g/mol. The molecule has 1 N–H and O–H groups in total. The van der Waals surface area contributed by atoms with Crippen molar-refractivity contribution in [1.82, 2.24) is 0 Å². The molecule has 0 spiro atoms. The van der Waals surface area contributed by atoms with Crippen LogP contribution in [0.15, 0.2) is 42.5 Å². The largest absolute Gasteiger partial charge is 0.480 e. The minimum atomic E-state index is -0.549. The van der Waals surface area contributed by atoms with E-state index in [1.54, 1.807) is 6.07 Å². The molecule has 0 bridgehead atoms. The fraction of sp³-hybridized carbons (Fsp3) is 0.500. The predicted octanol–water partition coefficient (Wildman–Crippen LogP) is 6.66. The van der Waals surface area contributed by atoms with Gasteiger partial charge in [-0.05, 0) is 59.9 Å². The van der Waals surface area contributed by atoms with Crippen molar-refractivity contribution in [3.63, 3.8) is 0 Å². The first-order chi connectivity index (χ1) is 13.6. The Morgan fingerprint density at radius 1 is 1.07 bits per heavy atom. The van der Waals surface area contributed by atoms with Crippen LogP contribution in [-0.2, 0) is 15.6 Å². The Balaban J connectivity index is 2.35. The summed E-state index contributed by atoms with van der Waals surface area (Å²) in [5.41, 5.74) is 3.26. The minimum absolute atomic E-state index is 0.0433. The number of nitrogens with one attached hydrogen (secondary N) is 1. The number of ether oxygens (including phenoxy) is 1. The number of carbonyl (C=O) groups is 1. The van der Waals surface area contributed by atoms with Gasteiger partial charge in [0.25, 0.3) is 5.91 Å². The number of amides is 1. The fourth-order valence-corrected chi connectivity index (χ4v) is 3.15. The lowest BCUT2D eigenvalue weighted by atomic mass is 9.76. The van der Waals surface area contributed by atoms with E-state index in [1.165, 1.54) is 11.1 Å². The molecule has 1 amide bonds. The molecule has 0 saturated carbocycles. The summed E-state index contributed by atoms with van der Waals surface area (Å²) in [6, 6.07) is 16.7. The van der Waals surface area contributed by atoms with Crippen molar-refractivity contribution in [1.29, 1.82) is 0 Å². The van der Waals surface area contributed by atoms with Gasteiger partial charge in [-0.15, -0.1) is 0 Å². The summed E-state index contributed by atoms with van der Waals surface area (Å²) in [4.78, 5) is 12.8. The Kier molecular flexibility index (Phi) is 7.51. The molecular weight excluding hydrogens is 358 g/mol. The number of hydrogen-bond acceptors (Lipinski definition) is 2. The normalized spacial score (nSPS) is 13.1. The molecular formula is C26H36NO2. The molecule has 0 aromatic heterocycles. The number of rotatable bonds is 9. The second kappa shape index (κ2) is 9.47. The molecule has 0 aliphatic heterocycles. The van der Waals surface area contributed by atoms with Gasteiger partial charge in [-0.3, -0.25) is 4.79 Å². The molecule has 2 rings (SSSR count). The van der Waals surface area contributed by atoms with E-state index in [2.05, 4.69) is 65.1 Å². The smallest absolute Gasteiger partial charge is 0.265 e. The summed E-state index contributed by atoms with van der Waals surface area (Å²) in [6.45, 7) is 15.4. The average Bonchev–Trinajstić information content (AvgIpc) is 2.72. The molecule has 0 aliphatic rings. The Bertz CT molecular complexity index is 809. The lowest BCUT2D eigenvalue weighted by Gasteiger charge is -2.31. The Hall–Kier alpha value is -2.29. The van der Waals surface area contributed by atoms with E-state index in [1.807, 2.05) is 31.2 Å². The van der Waals surface area contributed by atoms with Crippen molar-refractivity contribution in [2.45, 2.75) is 84.7 Å². The van der Waals surface area contributed by atoms with Gasteiger partial charge in [0, 0.05) is 11.3 Å². The van der Waals surface area contributed by atoms with Gasteiger partial charge in [-0.25, -0.2) is 0 Å². The van der Waals surface area contributed by atoms with Crippen LogP contribution in [0, 0.1) is 6.07 Å². The molecule has 3 heteroatoms. The summed E-state index contributed by atoms with van der Waals surface area (Å²) in [5.74, 6) is 0.666. The number of anilines is 1. The van der Waals surface area contributed by atoms with E-state index in [9.17, 15) is 4.79 Å². The highest BCUT2D eigenvalue weighted by atomic mass is 16.5. The van der Waals surface area contributed by atoms with Crippen LogP contribution in [-0.4, -0.2) is 12.0 Å². The first kappa shape index (κ1) is 23.0. The highest BCUT2D eigenvalue weighted by Gasteiger charge is 2.28. The van der Waals surface area contributed by atoms with Crippen LogP contribution in [0.5, 0.6) is 5.75 Å². The molecule has 29 heavy (non-hydrogen) atoms. The van der Waals surface area contributed by atoms with Crippen LogP contribution in [0.3, 0.4) is 0 Å². The fourth-order valence-electron chi connectivity index (χ4n) is 3.15. The minimum Gasteiger partial charge on any atom is -0.480 e. The third kappa shape index (κ3) is 5.62. The van der Waals surface area contributed by atoms with E-state index in [0.717, 1.165) is 24.3 Å². The summed E-state index contributed by atoms with van der Waals surface area (Å²) < 4.78 is 6.30. The van der Waals surface area contributed by atoms with Gasteiger partial charge in [0.2, 0.25) is 0 Å². The lowest BCUT2D eigenvalue weighted by molar-refractivity contribution is -0.122. The van der Waals surface area contributed by atoms with Gasteiger partial charge < -0.3 is 10.1 Å². The molecule has 2 aromatic rings. The van der Waals surface area contributed by atoms with Crippen molar-refractivity contribution < 1.29 is 9.53 Å². The molecule has 0 aliphatic carbocycles. The third-order valence-corrected chi connectivity index (χ3v) is 6.16. The zero-order chi connectivity index (χ0) is 21.7. The predicted molar refractivity (Wildman–Crippen MR) is 122 cm³/mol. The van der Waals surface area contributed by atoms with E-state index in [0.29, 0.717) is 6.42 Å². The van der Waals surface area contributed by atoms with Gasteiger partial charge in [0.15, 0.2) is 6.10 Å². The van der Waals surface area contributed by atoms with Gasteiger partial charge in [0.05, 0.1) is 0 Å². The molecule has 0 heterocycles. The topological polar surface area (TPSA) is 38.3 Å². The van der Waals surface area contributed by atoms with Gasteiger partial charge in [-0.2, -0.15) is 0 Å². The van der Waals surface area contributed by atoms with Crippen molar-refractivity contribution in [2.24, 2.45) is 0 Å². The SMILES string of the molecule is CCC(Oc1ccc(C(C)(C)CC)cc1C(C)(C)CC)C(=O)Nc1c[c]ccc1. The van der Waals surface area contributed by atoms with E-state index < -0.39 is 6.10 Å². The maximum Gasteiger partial charge on any atom is 0.265 e. The zero-order valence-corrected chi connectivity index (χ0v) is 19.1. The second-order valence-electron chi connectivity index (χ2n) is 8.98. The summed E-state index contributed by atoms with van der Waals surface area (Å²) >= 11 is 0. The van der Waals surface area contributed by atoms with E-state index >= 15 is 0 Å². The molecule has 2 aromatic carbocycles. The van der Waals surface area contributed by atoms with Crippen LogP contribution in [0.4, 0.5) is 5.69 Å². The summed E-state index contributed by atoms with van der Waals surface area (Å²) in [6.07, 6.45) is 2.10. The highest BCUT2D eigenvalue weighted by molar-refractivity contribution is 5.94. The van der Waals surface area contributed by atoms with Gasteiger partial charge in [-0.1, -0.05) is 72.7 Å². The number of benzene rings is 2. The Labute approximate surface area is 176 Å². The molecule has 1 radical (unpaired) electrons. The highest BCUT2D eigenvalue weighted by Crippen LogP contribution is 2.39. The zero-order valence-electron chi connectivity index (χ0n) is 19.1. The third-order valence-electron chi connectivity index (χ3n) is 6.16. The van der Waals surface area contributed by atoms with Gasteiger partial charge >= 0.3 is 0 Å². The standard InChI is InChI=1S/C26H36NO2/c1-8-22(24(28)27-20-14-12-11-13-15-20)29-23-17-16-19(25(4,5)9-2)18-21(23)26(6,7)10-3/h11-12,14-18,22H,8-10H2,1-7H3,(H,27,28). The van der Waals surface area contributed by atoms with Crippen molar-refractivity contribution in [3.05, 3.63) is 59.7 Å². The lowest BCUT2D eigenvalue weighted by Crippen LogP contribution is -2.33. The molecule has 0 fully saturated rings. The number of carbonyl (C=O) groups excluding carboxylic acids is 1. The summed E-state index contributed by atoms with van der Waals surface area (Å²) in [5, 5.41) is 2.93. The van der Waals surface area contributed by atoms with Crippen LogP contribution in [0.25, 0.3) is 0 Å². The number of hydrogen-bond donors (Lipinski definition) is 1. The van der Waals surface area contributed by atoms with Gasteiger partial charge in [0.1, 0.15) is 5.75 Å².